The summed E-state index contributed by atoms with van der Waals surface area (Å²) in [5.41, 5.74) is 8.73. The number of imidazole rings is 1. The van der Waals surface area contributed by atoms with Crippen LogP contribution in [0.25, 0.3) is 16.7 Å². The quantitative estimate of drug-likeness (QED) is 0.708. The third kappa shape index (κ3) is 2.19. The zero-order chi connectivity index (χ0) is 14.3. The molecule has 1 aromatic heterocycles. The first-order valence-electron chi connectivity index (χ1n) is 5.87. The molecule has 0 aliphatic rings. The standard InChI is InChI=1S/C14H11Br2N3O/c1-20-9-3-5-11-13(7-9)19(14(17)18-11)12-6-8(15)2-4-10(12)16/h2-7H,1H3,(H2,17,18). The molecule has 0 fully saturated rings. The molecule has 6 heteroatoms. The fourth-order valence-corrected chi connectivity index (χ4v) is 2.88. The van der Waals surface area contributed by atoms with Crippen molar-refractivity contribution in [1.82, 2.24) is 9.55 Å². The summed E-state index contributed by atoms with van der Waals surface area (Å²) in [5, 5.41) is 0. The molecule has 0 amide bonds. The summed E-state index contributed by atoms with van der Waals surface area (Å²) in [6.07, 6.45) is 0. The summed E-state index contributed by atoms with van der Waals surface area (Å²) in [6, 6.07) is 11.6. The fourth-order valence-electron chi connectivity index (χ4n) is 2.11. The number of hydrogen-bond acceptors (Lipinski definition) is 3. The maximum Gasteiger partial charge on any atom is 0.205 e. The van der Waals surface area contributed by atoms with Crippen LogP contribution in [0.5, 0.6) is 5.75 Å². The van der Waals surface area contributed by atoms with E-state index >= 15 is 0 Å². The molecule has 2 aromatic carbocycles. The van der Waals surface area contributed by atoms with Crippen LogP contribution < -0.4 is 10.5 Å². The van der Waals surface area contributed by atoms with Crippen LogP contribution in [0.1, 0.15) is 0 Å². The number of ether oxygens (including phenoxy) is 1. The highest BCUT2D eigenvalue weighted by atomic mass is 79.9. The van der Waals surface area contributed by atoms with E-state index < -0.39 is 0 Å². The average molecular weight is 397 g/mol. The van der Waals surface area contributed by atoms with Gasteiger partial charge in [-0.25, -0.2) is 4.98 Å². The number of methoxy groups -OCH3 is 1. The molecular weight excluding hydrogens is 386 g/mol. The van der Waals surface area contributed by atoms with E-state index in [0.717, 1.165) is 31.4 Å². The summed E-state index contributed by atoms with van der Waals surface area (Å²) in [6.45, 7) is 0. The summed E-state index contributed by atoms with van der Waals surface area (Å²) < 4.78 is 9.08. The molecule has 0 unspecified atom stereocenters. The van der Waals surface area contributed by atoms with Crippen LogP contribution in [0.4, 0.5) is 5.95 Å². The molecule has 4 nitrogen and oxygen atoms in total. The minimum absolute atomic E-state index is 0.437. The van der Waals surface area contributed by atoms with E-state index in [2.05, 4.69) is 36.8 Å². The highest BCUT2D eigenvalue weighted by molar-refractivity contribution is 9.11. The first kappa shape index (κ1) is 13.5. The molecule has 2 N–H and O–H groups in total. The molecule has 1 heterocycles. The summed E-state index contributed by atoms with van der Waals surface area (Å²) in [7, 11) is 1.64. The molecule has 0 saturated carbocycles. The first-order valence-corrected chi connectivity index (χ1v) is 7.46. The first-order chi connectivity index (χ1) is 9.60. The zero-order valence-corrected chi connectivity index (χ0v) is 13.8. The number of fused-ring (bicyclic) bond motifs is 1. The minimum atomic E-state index is 0.437. The normalized spacial score (nSPS) is 10.9. The van der Waals surface area contributed by atoms with Crippen LogP contribution in [0.15, 0.2) is 45.3 Å². The third-order valence-electron chi connectivity index (χ3n) is 3.04. The lowest BCUT2D eigenvalue weighted by molar-refractivity contribution is 0.415. The predicted molar refractivity (Wildman–Crippen MR) is 87.4 cm³/mol. The Balaban J connectivity index is 2.34. The van der Waals surface area contributed by atoms with Crippen molar-refractivity contribution in [3.63, 3.8) is 0 Å². The van der Waals surface area contributed by atoms with E-state index in [0.29, 0.717) is 5.95 Å². The number of nitrogen functional groups attached to an aromatic ring is 1. The molecular formula is C14H11Br2N3O. The SMILES string of the molecule is COc1ccc2nc(N)n(-c3cc(Br)ccc3Br)c2c1. The molecule has 0 radical (unpaired) electrons. The number of aromatic nitrogens is 2. The summed E-state index contributed by atoms with van der Waals surface area (Å²) >= 11 is 7.03. The van der Waals surface area contributed by atoms with E-state index in [-0.39, 0.29) is 0 Å². The number of halogens is 2. The van der Waals surface area contributed by atoms with Crippen molar-refractivity contribution in [2.45, 2.75) is 0 Å². The number of hydrogen-bond donors (Lipinski definition) is 1. The van der Waals surface area contributed by atoms with Gasteiger partial charge in [0, 0.05) is 15.0 Å². The summed E-state index contributed by atoms with van der Waals surface area (Å²) in [5.74, 6) is 1.21. The van der Waals surface area contributed by atoms with Gasteiger partial charge in [0.05, 0.1) is 23.8 Å². The second kappa shape index (κ2) is 5.10. The highest BCUT2D eigenvalue weighted by Gasteiger charge is 2.13. The highest BCUT2D eigenvalue weighted by Crippen LogP contribution is 2.31. The molecule has 20 heavy (non-hydrogen) atoms. The van der Waals surface area contributed by atoms with Gasteiger partial charge in [-0.15, -0.1) is 0 Å². The van der Waals surface area contributed by atoms with E-state index in [1.54, 1.807) is 7.11 Å². The Morgan fingerprint density at radius 2 is 1.95 bits per heavy atom. The summed E-state index contributed by atoms with van der Waals surface area (Å²) in [4.78, 5) is 4.38. The smallest absolute Gasteiger partial charge is 0.205 e. The molecule has 3 aromatic rings. The molecule has 3 rings (SSSR count). The number of rotatable bonds is 2. The largest absolute Gasteiger partial charge is 0.497 e. The number of anilines is 1. The number of nitrogens with zero attached hydrogens (tertiary/aromatic N) is 2. The Kier molecular flexibility index (Phi) is 3.43. The van der Waals surface area contributed by atoms with Gasteiger partial charge in [-0.05, 0) is 46.3 Å². The topological polar surface area (TPSA) is 53.1 Å². The number of nitrogens with two attached hydrogens (primary N) is 1. The predicted octanol–water partition coefficient (Wildman–Crippen LogP) is 4.14. The van der Waals surface area contributed by atoms with Gasteiger partial charge < -0.3 is 10.5 Å². The van der Waals surface area contributed by atoms with Gasteiger partial charge in [0.15, 0.2) is 0 Å². The van der Waals surface area contributed by atoms with Crippen molar-refractivity contribution < 1.29 is 4.74 Å². The monoisotopic (exact) mass is 395 g/mol. The zero-order valence-electron chi connectivity index (χ0n) is 10.6. The molecule has 102 valence electrons. The van der Waals surface area contributed by atoms with Crippen LogP contribution in [0.3, 0.4) is 0 Å². The second-order valence-electron chi connectivity index (χ2n) is 4.26. The van der Waals surface area contributed by atoms with Crippen LogP contribution >= 0.6 is 31.9 Å². The second-order valence-corrected chi connectivity index (χ2v) is 6.03. The Morgan fingerprint density at radius 3 is 2.70 bits per heavy atom. The van der Waals surface area contributed by atoms with Crippen LogP contribution in [-0.2, 0) is 0 Å². The lowest BCUT2D eigenvalue weighted by Gasteiger charge is -2.10. The van der Waals surface area contributed by atoms with Gasteiger partial charge in [-0.1, -0.05) is 15.9 Å². The lowest BCUT2D eigenvalue weighted by atomic mass is 10.2. The molecule has 0 spiro atoms. The van der Waals surface area contributed by atoms with Gasteiger partial charge in [-0.3, -0.25) is 4.57 Å². The Bertz CT molecular complexity index is 798. The van der Waals surface area contributed by atoms with E-state index in [9.17, 15) is 0 Å². The van der Waals surface area contributed by atoms with Crippen LogP contribution in [-0.4, -0.2) is 16.7 Å². The molecule has 0 bridgehead atoms. The average Bonchev–Trinajstić information content (AvgIpc) is 2.76. The Hall–Kier alpha value is -1.53. The van der Waals surface area contributed by atoms with Gasteiger partial charge in [0.25, 0.3) is 0 Å². The van der Waals surface area contributed by atoms with Crippen LogP contribution in [0, 0.1) is 0 Å². The van der Waals surface area contributed by atoms with Gasteiger partial charge >= 0.3 is 0 Å². The van der Waals surface area contributed by atoms with Crippen molar-refractivity contribution in [3.8, 4) is 11.4 Å². The molecule has 0 aliphatic heterocycles. The van der Waals surface area contributed by atoms with Gasteiger partial charge in [-0.2, -0.15) is 0 Å². The maximum atomic E-state index is 6.07. The molecule has 0 aliphatic carbocycles. The molecule has 0 atom stereocenters. The van der Waals surface area contributed by atoms with Gasteiger partial charge in [0.2, 0.25) is 5.95 Å². The molecule has 0 saturated heterocycles. The van der Waals surface area contributed by atoms with Crippen molar-refractivity contribution in [2.75, 3.05) is 12.8 Å². The van der Waals surface area contributed by atoms with Crippen molar-refractivity contribution in [3.05, 3.63) is 45.3 Å². The Morgan fingerprint density at radius 1 is 1.15 bits per heavy atom. The van der Waals surface area contributed by atoms with Crippen molar-refractivity contribution in [1.29, 1.82) is 0 Å². The Labute approximate surface area is 132 Å². The third-order valence-corrected chi connectivity index (χ3v) is 4.20. The minimum Gasteiger partial charge on any atom is -0.497 e. The van der Waals surface area contributed by atoms with E-state index in [4.69, 9.17) is 10.5 Å². The van der Waals surface area contributed by atoms with Crippen LogP contribution in [0.2, 0.25) is 0 Å². The van der Waals surface area contributed by atoms with E-state index in [1.165, 1.54) is 0 Å². The van der Waals surface area contributed by atoms with E-state index in [1.807, 2.05) is 41.0 Å². The van der Waals surface area contributed by atoms with Crippen molar-refractivity contribution >= 4 is 48.8 Å². The van der Waals surface area contributed by atoms with Crippen molar-refractivity contribution in [2.24, 2.45) is 0 Å². The fraction of sp³-hybridized carbons (Fsp3) is 0.0714. The number of benzene rings is 2. The van der Waals surface area contributed by atoms with Gasteiger partial charge in [0.1, 0.15) is 5.75 Å². The lowest BCUT2D eigenvalue weighted by Crippen LogP contribution is -2.01. The maximum absolute atomic E-state index is 6.07.